The highest BCUT2D eigenvalue weighted by atomic mass is 32.1. The van der Waals surface area contributed by atoms with E-state index >= 15 is 0 Å². The van der Waals surface area contributed by atoms with Gasteiger partial charge in [-0.2, -0.15) is 0 Å². The minimum atomic E-state index is 0.149. The minimum Gasteiger partial charge on any atom is -0.331 e. The Bertz CT molecular complexity index is 751. The largest absolute Gasteiger partial charge is 0.331 e. The predicted octanol–water partition coefficient (Wildman–Crippen LogP) is 4.02. The van der Waals surface area contributed by atoms with Gasteiger partial charge in [-0.25, -0.2) is 4.98 Å². The van der Waals surface area contributed by atoms with Crippen LogP contribution in [0.5, 0.6) is 0 Å². The average molecular weight is 356 g/mol. The smallest absolute Gasteiger partial charge is 0.266 e. The molecule has 0 spiro atoms. The lowest BCUT2D eigenvalue weighted by molar-refractivity contribution is 0.0740. The average Bonchev–Trinajstić information content (AvgIpc) is 3.37. The summed E-state index contributed by atoms with van der Waals surface area (Å²) in [6, 6.07) is 8.64. The predicted molar refractivity (Wildman–Crippen MR) is 101 cm³/mol. The Morgan fingerprint density at radius 1 is 1.20 bits per heavy atom. The molecule has 0 radical (unpaired) electrons. The molecule has 3 heterocycles. The Morgan fingerprint density at radius 2 is 2.00 bits per heavy atom. The third-order valence-corrected chi connectivity index (χ3v) is 6.35. The van der Waals surface area contributed by atoms with E-state index in [1.54, 1.807) is 17.5 Å². The fourth-order valence-corrected chi connectivity index (χ4v) is 4.97. The van der Waals surface area contributed by atoms with Gasteiger partial charge < -0.3 is 4.90 Å². The maximum Gasteiger partial charge on any atom is 0.266 e. The summed E-state index contributed by atoms with van der Waals surface area (Å²) in [6.45, 7) is 6.18. The van der Waals surface area contributed by atoms with Crippen LogP contribution in [0.4, 0.5) is 0 Å². The van der Waals surface area contributed by atoms with E-state index in [0.29, 0.717) is 0 Å². The van der Waals surface area contributed by atoms with Gasteiger partial charge in [-0.15, -0.1) is 11.3 Å². The molecule has 132 valence electrons. The van der Waals surface area contributed by atoms with Gasteiger partial charge in [0.1, 0.15) is 9.88 Å². The molecular formula is C20H25N3OS. The Morgan fingerprint density at radius 3 is 2.80 bits per heavy atom. The number of aryl methyl sites for hydroxylation is 1. The Balaban J connectivity index is 1.50. The number of carbonyl (C=O) groups excluding carboxylic acids is 1. The van der Waals surface area contributed by atoms with Crippen molar-refractivity contribution in [2.75, 3.05) is 19.6 Å². The van der Waals surface area contributed by atoms with Gasteiger partial charge in [-0.05, 0) is 56.8 Å². The molecule has 0 N–H and O–H groups in total. The molecule has 2 fully saturated rings. The minimum absolute atomic E-state index is 0.149. The zero-order valence-corrected chi connectivity index (χ0v) is 15.6. The van der Waals surface area contributed by atoms with E-state index in [1.807, 2.05) is 0 Å². The van der Waals surface area contributed by atoms with E-state index in [0.717, 1.165) is 48.9 Å². The van der Waals surface area contributed by atoms with E-state index in [1.165, 1.54) is 24.0 Å². The number of hydrogen-bond acceptors (Lipinski definition) is 4. The van der Waals surface area contributed by atoms with Gasteiger partial charge in [-0.1, -0.05) is 24.3 Å². The molecule has 2 saturated heterocycles. The molecule has 1 aromatic carbocycles. The molecule has 4 nitrogen and oxygen atoms in total. The van der Waals surface area contributed by atoms with Gasteiger partial charge in [0.05, 0.1) is 18.8 Å². The van der Waals surface area contributed by atoms with Crippen LogP contribution in [-0.2, 0) is 6.54 Å². The maximum absolute atomic E-state index is 13.1. The van der Waals surface area contributed by atoms with Crippen molar-refractivity contribution in [2.24, 2.45) is 0 Å². The van der Waals surface area contributed by atoms with Gasteiger partial charge in [0.25, 0.3) is 5.91 Å². The fourth-order valence-electron chi connectivity index (χ4n) is 4.05. The lowest BCUT2D eigenvalue weighted by atomic mass is 9.99. The zero-order chi connectivity index (χ0) is 17.2. The van der Waals surface area contributed by atoms with Crippen molar-refractivity contribution in [1.82, 2.24) is 14.8 Å². The normalized spacial score (nSPS) is 21.2. The van der Waals surface area contributed by atoms with Crippen LogP contribution in [0.15, 0.2) is 30.5 Å². The summed E-state index contributed by atoms with van der Waals surface area (Å²) in [4.78, 5) is 22.9. The lowest BCUT2D eigenvalue weighted by Crippen LogP contribution is -2.30. The molecule has 0 saturated carbocycles. The molecule has 1 atom stereocenters. The summed E-state index contributed by atoms with van der Waals surface area (Å²) in [6.07, 6.45) is 6.47. The van der Waals surface area contributed by atoms with E-state index in [2.05, 4.69) is 46.0 Å². The highest BCUT2D eigenvalue weighted by molar-refractivity contribution is 7.13. The number of thiazole rings is 1. The molecule has 0 unspecified atom stereocenters. The van der Waals surface area contributed by atoms with Crippen molar-refractivity contribution >= 4 is 17.2 Å². The van der Waals surface area contributed by atoms with Gasteiger partial charge in [0, 0.05) is 6.54 Å². The van der Waals surface area contributed by atoms with Crippen LogP contribution in [0.25, 0.3) is 0 Å². The van der Waals surface area contributed by atoms with E-state index in [9.17, 15) is 4.79 Å². The third kappa shape index (κ3) is 3.48. The van der Waals surface area contributed by atoms with Gasteiger partial charge in [0.15, 0.2) is 0 Å². The standard InChI is InChI=1S/C20H25N3OS/c1-15-7-2-3-8-16(15)17-9-6-12-23(17)20(24)18-13-21-19(25-18)14-22-10-4-5-11-22/h2-3,7-8,13,17H,4-6,9-12,14H2,1H3/t17-/m0/s1. The first-order chi connectivity index (χ1) is 12.2. The van der Waals surface area contributed by atoms with Crippen molar-refractivity contribution in [1.29, 1.82) is 0 Å². The number of rotatable bonds is 4. The second kappa shape index (κ2) is 7.26. The second-order valence-electron chi connectivity index (χ2n) is 7.11. The van der Waals surface area contributed by atoms with Crippen LogP contribution >= 0.6 is 11.3 Å². The molecule has 2 aliphatic heterocycles. The van der Waals surface area contributed by atoms with E-state index < -0.39 is 0 Å². The van der Waals surface area contributed by atoms with E-state index in [-0.39, 0.29) is 11.9 Å². The monoisotopic (exact) mass is 355 g/mol. The molecule has 1 amide bonds. The molecular weight excluding hydrogens is 330 g/mol. The molecule has 5 heteroatoms. The summed E-state index contributed by atoms with van der Waals surface area (Å²) in [5, 5.41) is 1.07. The fraction of sp³-hybridized carbons (Fsp3) is 0.500. The Labute approximate surface area is 153 Å². The highest BCUT2D eigenvalue weighted by Crippen LogP contribution is 2.35. The van der Waals surface area contributed by atoms with Crippen molar-refractivity contribution in [3.8, 4) is 0 Å². The Kier molecular flexibility index (Phi) is 4.86. The summed E-state index contributed by atoms with van der Waals surface area (Å²) in [5.74, 6) is 0.149. The third-order valence-electron chi connectivity index (χ3n) is 5.38. The number of aromatic nitrogens is 1. The van der Waals surface area contributed by atoms with Crippen LogP contribution in [-0.4, -0.2) is 40.3 Å². The van der Waals surface area contributed by atoms with Crippen molar-refractivity contribution in [3.05, 3.63) is 51.5 Å². The number of amides is 1. The van der Waals surface area contributed by atoms with Gasteiger partial charge >= 0.3 is 0 Å². The van der Waals surface area contributed by atoms with E-state index in [4.69, 9.17) is 0 Å². The molecule has 25 heavy (non-hydrogen) atoms. The van der Waals surface area contributed by atoms with Crippen LogP contribution < -0.4 is 0 Å². The lowest BCUT2D eigenvalue weighted by Gasteiger charge is -2.25. The first-order valence-corrected chi connectivity index (χ1v) is 10.1. The number of hydrogen-bond donors (Lipinski definition) is 0. The number of benzene rings is 1. The van der Waals surface area contributed by atoms with Crippen molar-refractivity contribution in [2.45, 2.75) is 45.2 Å². The van der Waals surface area contributed by atoms with Crippen molar-refractivity contribution in [3.63, 3.8) is 0 Å². The van der Waals surface area contributed by atoms with Gasteiger partial charge in [-0.3, -0.25) is 9.69 Å². The summed E-state index contributed by atoms with van der Waals surface area (Å²) in [7, 11) is 0. The highest BCUT2D eigenvalue weighted by Gasteiger charge is 2.32. The topological polar surface area (TPSA) is 36.4 Å². The quantitative estimate of drug-likeness (QED) is 0.831. The van der Waals surface area contributed by atoms with Crippen LogP contribution in [0.2, 0.25) is 0 Å². The van der Waals surface area contributed by atoms with Gasteiger partial charge in [0.2, 0.25) is 0 Å². The maximum atomic E-state index is 13.1. The first kappa shape index (κ1) is 16.7. The van der Waals surface area contributed by atoms with Crippen LogP contribution in [0.1, 0.15) is 57.5 Å². The molecule has 4 rings (SSSR count). The summed E-state index contributed by atoms with van der Waals surface area (Å²) < 4.78 is 0. The number of nitrogens with zero attached hydrogens (tertiary/aromatic N) is 3. The van der Waals surface area contributed by atoms with Crippen LogP contribution in [0, 0.1) is 6.92 Å². The Hall–Kier alpha value is -1.72. The molecule has 2 aliphatic rings. The number of likely N-dealkylation sites (tertiary alicyclic amines) is 2. The molecule has 0 bridgehead atoms. The molecule has 0 aliphatic carbocycles. The van der Waals surface area contributed by atoms with Crippen molar-refractivity contribution < 1.29 is 4.79 Å². The summed E-state index contributed by atoms with van der Waals surface area (Å²) in [5.41, 5.74) is 2.56. The number of carbonyl (C=O) groups is 1. The zero-order valence-electron chi connectivity index (χ0n) is 14.8. The second-order valence-corrected chi connectivity index (χ2v) is 8.23. The summed E-state index contributed by atoms with van der Waals surface area (Å²) >= 11 is 1.57. The van der Waals surface area contributed by atoms with Crippen LogP contribution in [0.3, 0.4) is 0 Å². The first-order valence-electron chi connectivity index (χ1n) is 9.26. The molecule has 2 aromatic rings. The SMILES string of the molecule is Cc1ccccc1[C@@H]1CCCN1C(=O)c1cnc(CN2CCCC2)s1. The molecule has 1 aromatic heterocycles.